The van der Waals surface area contributed by atoms with Crippen LogP contribution in [0, 0.1) is 6.67 Å². The van der Waals surface area contributed by atoms with Crippen molar-refractivity contribution in [2.24, 2.45) is 0 Å². The topological polar surface area (TPSA) is 15.7 Å². The van der Waals surface area contributed by atoms with Crippen molar-refractivity contribution in [2.45, 2.75) is 79.1 Å². The SMILES string of the molecule is CC(C)c1cccc(C(C)C)c1N1[C]N(c2c(C(C)C)cccc2C(C)C)CC1.[Cl][Ru]([Cl])=[CH]c1ccccc1Oc1ccccc1. The van der Waals surface area contributed by atoms with E-state index in [-0.39, 0.29) is 0 Å². The van der Waals surface area contributed by atoms with E-state index in [0.29, 0.717) is 23.7 Å². The maximum atomic E-state index is 5.88. The van der Waals surface area contributed by atoms with Gasteiger partial charge in [0.25, 0.3) is 0 Å². The van der Waals surface area contributed by atoms with Crippen LogP contribution in [-0.4, -0.2) is 17.7 Å². The first kappa shape index (κ1) is 36.2. The molecule has 0 aromatic heterocycles. The first-order valence-corrected chi connectivity index (χ1v) is 21.7. The molecule has 0 aliphatic carbocycles. The van der Waals surface area contributed by atoms with Crippen LogP contribution in [0.3, 0.4) is 0 Å². The molecule has 5 rings (SSSR count). The summed E-state index contributed by atoms with van der Waals surface area (Å²) in [4.78, 5) is 4.76. The van der Waals surface area contributed by atoms with E-state index in [4.69, 9.17) is 24.1 Å². The van der Waals surface area contributed by atoms with Crippen molar-refractivity contribution in [3.8, 4) is 11.5 Å². The molecule has 4 aromatic rings. The van der Waals surface area contributed by atoms with Crippen LogP contribution < -0.4 is 14.5 Å². The molecule has 0 unspecified atom stereocenters. The van der Waals surface area contributed by atoms with E-state index in [9.17, 15) is 0 Å². The van der Waals surface area contributed by atoms with Gasteiger partial charge < -0.3 is 9.80 Å². The van der Waals surface area contributed by atoms with Crippen LogP contribution >= 0.6 is 19.4 Å². The second-order valence-electron chi connectivity index (χ2n) is 12.9. The molecule has 0 saturated carbocycles. The summed E-state index contributed by atoms with van der Waals surface area (Å²) in [6.45, 7) is 24.1. The average molecular weight is 745 g/mol. The fourth-order valence-electron chi connectivity index (χ4n) is 5.77. The molecular formula is C40H48Cl2N2ORu. The van der Waals surface area contributed by atoms with Gasteiger partial charge in [-0.15, -0.1) is 0 Å². The zero-order valence-electron chi connectivity index (χ0n) is 28.4. The number of halogens is 2. The molecule has 3 nitrogen and oxygen atoms in total. The Hall–Kier alpha value is -2.65. The number of hydrogen-bond donors (Lipinski definition) is 0. The van der Waals surface area contributed by atoms with Crippen LogP contribution in [-0.2, 0) is 13.5 Å². The summed E-state index contributed by atoms with van der Waals surface area (Å²) in [7, 11) is 11.8. The summed E-state index contributed by atoms with van der Waals surface area (Å²) < 4.78 is 7.67. The van der Waals surface area contributed by atoms with Crippen molar-refractivity contribution in [1.29, 1.82) is 0 Å². The van der Waals surface area contributed by atoms with Gasteiger partial charge in [0.05, 0.1) is 0 Å². The monoisotopic (exact) mass is 744 g/mol. The summed E-state index contributed by atoms with van der Waals surface area (Å²) in [6, 6.07) is 30.9. The Balaban J connectivity index is 0.000000240. The van der Waals surface area contributed by atoms with E-state index in [0.717, 1.165) is 30.2 Å². The standard InChI is InChI=1S/C27H38N2.C13H10O.2ClH.Ru/c1-18(2)22-11-9-12-23(19(3)4)26(22)28-15-16-29(17-28)27-24(20(5)6)13-10-14-25(27)21(7)8;1-11-7-5-6-10-13(11)14-12-8-3-2-4-9-12;;;/h9-14,18-21H,15-16H2,1-8H3;1-10H;2*1H;/q;;;;+2/p-2. The molecule has 1 aliphatic rings. The van der Waals surface area contributed by atoms with Crippen LogP contribution in [0.2, 0.25) is 0 Å². The summed E-state index contributed by atoms with van der Waals surface area (Å²) in [5.41, 5.74) is 9.37. The number of hydrogen-bond acceptors (Lipinski definition) is 3. The van der Waals surface area contributed by atoms with Gasteiger partial charge in [-0.3, -0.25) is 0 Å². The summed E-state index contributed by atoms with van der Waals surface area (Å²) in [5, 5.41) is 0. The van der Waals surface area contributed by atoms with Crippen molar-refractivity contribution >= 4 is 35.4 Å². The Morgan fingerprint density at radius 3 is 1.41 bits per heavy atom. The van der Waals surface area contributed by atoms with Gasteiger partial charge in [0.2, 0.25) is 6.67 Å². The van der Waals surface area contributed by atoms with Crippen LogP contribution in [0.4, 0.5) is 11.4 Å². The summed E-state index contributed by atoms with van der Waals surface area (Å²) >= 11 is -1.83. The van der Waals surface area contributed by atoms with Crippen molar-refractivity contribution in [3.63, 3.8) is 0 Å². The number of rotatable bonds is 9. The van der Waals surface area contributed by atoms with Gasteiger partial charge in [-0.05, 0) is 45.9 Å². The molecule has 6 heteroatoms. The third-order valence-electron chi connectivity index (χ3n) is 8.09. The Morgan fingerprint density at radius 1 is 0.587 bits per heavy atom. The second-order valence-corrected chi connectivity index (χ2v) is 18.6. The predicted molar refractivity (Wildman–Crippen MR) is 197 cm³/mol. The average Bonchev–Trinajstić information content (AvgIpc) is 3.51. The molecule has 46 heavy (non-hydrogen) atoms. The van der Waals surface area contributed by atoms with Gasteiger partial charge in [0.15, 0.2) is 0 Å². The molecule has 0 atom stereocenters. The molecule has 246 valence electrons. The number of nitrogens with zero attached hydrogens (tertiary/aromatic N) is 2. The van der Waals surface area contributed by atoms with Crippen molar-refractivity contribution in [3.05, 3.63) is 125 Å². The van der Waals surface area contributed by atoms with E-state index in [2.05, 4.69) is 108 Å². The first-order valence-electron chi connectivity index (χ1n) is 16.2. The van der Waals surface area contributed by atoms with Crippen LogP contribution in [0.5, 0.6) is 11.5 Å². The fraction of sp³-hybridized carbons (Fsp3) is 0.350. The summed E-state index contributed by atoms with van der Waals surface area (Å²) in [5.74, 6) is 3.56. The molecule has 1 fully saturated rings. The maximum absolute atomic E-state index is 5.88. The first-order chi connectivity index (χ1) is 22.0. The van der Waals surface area contributed by atoms with Gasteiger partial charge in [0, 0.05) is 24.5 Å². The number of ether oxygens (including phenoxy) is 1. The van der Waals surface area contributed by atoms with E-state index >= 15 is 0 Å². The number of benzene rings is 4. The Morgan fingerprint density at radius 2 is 1.00 bits per heavy atom. The Kier molecular flexibility index (Phi) is 13.3. The zero-order chi connectivity index (χ0) is 33.4. The van der Waals surface area contributed by atoms with E-state index < -0.39 is 13.5 Å². The minimum atomic E-state index is -1.83. The summed E-state index contributed by atoms with van der Waals surface area (Å²) in [6.07, 6.45) is 0. The molecule has 0 bridgehead atoms. The van der Waals surface area contributed by atoms with Gasteiger partial charge >= 0.3 is 114 Å². The molecule has 0 amide bonds. The van der Waals surface area contributed by atoms with Crippen LogP contribution in [0.1, 0.15) is 107 Å². The third-order valence-corrected chi connectivity index (χ3v) is 9.92. The molecular weight excluding hydrogens is 696 g/mol. The van der Waals surface area contributed by atoms with Crippen molar-refractivity contribution in [2.75, 3.05) is 22.9 Å². The zero-order valence-corrected chi connectivity index (χ0v) is 31.6. The van der Waals surface area contributed by atoms with Crippen LogP contribution in [0.25, 0.3) is 0 Å². The molecule has 0 N–H and O–H groups in total. The second kappa shape index (κ2) is 17.0. The number of para-hydroxylation sites is 4. The van der Waals surface area contributed by atoms with E-state index in [1.54, 1.807) is 0 Å². The molecule has 1 heterocycles. The van der Waals surface area contributed by atoms with Gasteiger partial charge in [-0.25, -0.2) is 0 Å². The molecule has 2 radical (unpaired) electrons. The molecule has 4 aromatic carbocycles. The van der Waals surface area contributed by atoms with Gasteiger partial charge in [0.1, 0.15) is 0 Å². The van der Waals surface area contributed by atoms with E-state index in [1.807, 2.05) is 59.2 Å². The fourth-order valence-corrected chi connectivity index (χ4v) is 7.58. The molecule has 1 saturated heterocycles. The molecule has 1 aliphatic heterocycles. The Labute approximate surface area is 291 Å². The van der Waals surface area contributed by atoms with E-state index in [1.165, 1.54) is 33.6 Å². The predicted octanol–water partition coefficient (Wildman–Crippen LogP) is 12.1. The van der Waals surface area contributed by atoms with Gasteiger partial charge in [-0.1, -0.05) is 91.8 Å². The van der Waals surface area contributed by atoms with Crippen LogP contribution in [0.15, 0.2) is 91.0 Å². The minimum absolute atomic E-state index is 0.494. The molecule has 0 spiro atoms. The normalized spacial score (nSPS) is 13.4. The number of anilines is 2. The Bertz CT molecular complexity index is 1470. The third kappa shape index (κ3) is 9.24. The quantitative estimate of drug-likeness (QED) is 0.159. The van der Waals surface area contributed by atoms with Gasteiger partial charge in [-0.2, -0.15) is 0 Å². The van der Waals surface area contributed by atoms with Crippen molar-refractivity contribution < 1.29 is 18.3 Å². The van der Waals surface area contributed by atoms with Crippen molar-refractivity contribution in [1.82, 2.24) is 0 Å².